The molecule has 0 spiro atoms. The molecule has 1 aromatic heterocycles. The zero-order valence-corrected chi connectivity index (χ0v) is 18.3. The van der Waals surface area contributed by atoms with Gasteiger partial charge in [-0.05, 0) is 43.4 Å². The molecule has 1 atom stereocenters. The van der Waals surface area contributed by atoms with Gasteiger partial charge >= 0.3 is 0 Å². The van der Waals surface area contributed by atoms with Crippen LogP contribution in [0.25, 0.3) is 0 Å². The smallest absolute Gasteiger partial charge is 0.222 e. The average Bonchev–Trinajstić information content (AvgIpc) is 3.15. The maximum absolute atomic E-state index is 12.9. The lowest BCUT2D eigenvalue weighted by Gasteiger charge is -2.36. The molecule has 2 aromatic rings. The summed E-state index contributed by atoms with van der Waals surface area (Å²) in [6, 6.07) is 12.5. The Balaban J connectivity index is 1.29. The molecule has 1 N–H and O–H groups in total. The number of nitrogens with zero attached hydrogens (tertiary/aromatic N) is 3. The van der Waals surface area contributed by atoms with Crippen LogP contribution in [0.5, 0.6) is 0 Å². The molecule has 3 heterocycles. The van der Waals surface area contributed by atoms with Gasteiger partial charge in [0.15, 0.2) is 0 Å². The summed E-state index contributed by atoms with van der Waals surface area (Å²) in [6.07, 6.45) is 7.00. The van der Waals surface area contributed by atoms with Gasteiger partial charge in [0.1, 0.15) is 0 Å². The van der Waals surface area contributed by atoms with Crippen molar-refractivity contribution >= 4 is 11.8 Å². The van der Waals surface area contributed by atoms with Gasteiger partial charge in [-0.2, -0.15) is 0 Å². The van der Waals surface area contributed by atoms with Crippen molar-refractivity contribution in [2.75, 3.05) is 26.2 Å². The van der Waals surface area contributed by atoms with Crippen LogP contribution in [0.3, 0.4) is 0 Å². The molecule has 0 saturated carbocycles. The van der Waals surface area contributed by atoms with Crippen LogP contribution in [0.4, 0.5) is 0 Å². The molecule has 4 rings (SSSR count). The highest BCUT2D eigenvalue weighted by Crippen LogP contribution is 2.30. The Kier molecular flexibility index (Phi) is 6.66. The van der Waals surface area contributed by atoms with E-state index in [4.69, 9.17) is 0 Å². The lowest BCUT2D eigenvalue weighted by atomic mass is 9.84. The second kappa shape index (κ2) is 9.60. The number of carbonyl (C=O) groups excluding carboxylic acids is 2. The molecule has 0 aliphatic carbocycles. The van der Waals surface area contributed by atoms with Crippen molar-refractivity contribution in [1.29, 1.82) is 0 Å². The van der Waals surface area contributed by atoms with E-state index >= 15 is 0 Å². The van der Waals surface area contributed by atoms with E-state index in [0.717, 1.165) is 45.6 Å². The van der Waals surface area contributed by atoms with Crippen molar-refractivity contribution in [2.24, 2.45) is 0 Å². The predicted octanol–water partition coefficient (Wildman–Crippen LogP) is 2.71. The fraction of sp³-hybridized carbons (Fsp3) is 0.480. The summed E-state index contributed by atoms with van der Waals surface area (Å²) in [6.45, 7) is 6.23. The number of aromatic nitrogens is 1. The highest BCUT2D eigenvalue weighted by molar-refractivity contribution is 5.80. The lowest BCUT2D eigenvalue weighted by molar-refractivity contribution is -0.133. The van der Waals surface area contributed by atoms with Gasteiger partial charge in [0, 0.05) is 63.5 Å². The summed E-state index contributed by atoms with van der Waals surface area (Å²) in [5.41, 5.74) is 3.34. The van der Waals surface area contributed by atoms with Crippen LogP contribution >= 0.6 is 0 Å². The quantitative estimate of drug-likeness (QED) is 0.748. The monoisotopic (exact) mass is 420 g/mol. The van der Waals surface area contributed by atoms with Gasteiger partial charge in [-0.1, -0.05) is 35.9 Å². The van der Waals surface area contributed by atoms with E-state index in [1.807, 2.05) is 17.2 Å². The van der Waals surface area contributed by atoms with Crippen LogP contribution in [0.15, 0.2) is 48.8 Å². The van der Waals surface area contributed by atoms with Crippen LogP contribution in [-0.2, 0) is 22.6 Å². The summed E-state index contributed by atoms with van der Waals surface area (Å²) < 4.78 is 0. The van der Waals surface area contributed by atoms with E-state index in [2.05, 4.69) is 52.5 Å². The minimum atomic E-state index is -0.301. The molecule has 164 valence electrons. The second-order valence-electron chi connectivity index (χ2n) is 9.01. The molecule has 2 aliphatic rings. The van der Waals surface area contributed by atoms with Gasteiger partial charge in [0.25, 0.3) is 0 Å². The largest absolute Gasteiger partial charge is 0.350 e. The van der Waals surface area contributed by atoms with Gasteiger partial charge in [-0.3, -0.25) is 19.5 Å². The van der Waals surface area contributed by atoms with Crippen LogP contribution < -0.4 is 5.32 Å². The first-order chi connectivity index (χ1) is 15.0. The standard InChI is InChI=1S/C25H32N4O2/c1-20-4-6-21(7-5-20)17-25(10-8-23(30)27-25)11-9-24(31)29-15-13-28(14-16-29)19-22-3-2-12-26-18-22/h2-7,12,18H,8-11,13-17,19H2,1H3,(H,27,30). The first-order valence-electron chi connectivity index (χ1n) is 11.3. The van der Waals surface area contributed by atoms with Gasteiger partial charge in [0.05, 0.1) is 0 Å². The molecule has 1 unspecified atom stereocenters. The number of rotatable bonds is 7. The Morgan fingerprint density at radius 1 is 1.10 bits per heavy atom. The van der Waals surface area contributed by atoms with Crippen molar-refractivity contribution < 1.29 is 9.59 Å². The summed E-state index contributed by atoms with van der Waals surface area (Å²) >= 11 is 0. The van der Waals surface area contributed by atoms with Crippen molar-refractivity contribution in [2.45, 2.75) is 51.1 Å². The maximum atomic E-state index is 12.9. The number of nitrogens with one attached hydrogen (secondary N) is 1. The number of carbonyl (C=O) groups is 2. The summed E-state index contributed by atoms with van der Waals surface area (Å²) in [5, 5.41) is 3.20. The number of benzene rings is 1. The average molecular weight is 421 g/mol. The predicted molar refractivity (Wildman–Crippen MR) is 120 cm³/mol. The molecule has 2 fully saturated rings. The Bertz CT molecular complexity index is 891. The number of hydrogen-bond acceptors (Lipinski definition) is 4. The molecule has 0 bridgehead atoms. The van der Waals surface area contributed by atoms with E-state index in [9.17, 15) is 9.59 Å². The van der Waals surface area contributed by atoms with Crippen molar-refractivity contribution in [3.63, 3.8) is 0 Å². The van der Waals surface area contributed by atoms with Crippen LogP contribution in [-0.4, -0.2) is 58.3 Å². The highest BCUT2D eigenvalue weighted by Gasteiger charge is 2.38. The minimum absolute atomic E-state index is 0.101. The lowest BCUT2D eigenvalue weighted by Crippen LogP contribution is -2.49. The second-order valence-corrected chi connectivity index (χ2v) is 9.01. The molecule has 6 nitrogen and oxygen atoms in total. The Morgan fingerprint density at radius 3 is 2.52 bits per heavy atom. The van der Waals surface area contributed by atoms with Crippen molar-refractivity contribution in [1.82, 2.24) is 20.1 Å². The van der Waals surface area contributed by atoms with Gasteiger partial charge in [-0.15, -0.1) is 0 Å². The van der Waals surface area contributed by atoms with Crippen molar-refractivity contribution in [3.8, 4) is 0 Å². The third kappa shape index (κ3) is 5.70. The van der Waals surface area contributed by atoms with Crippen LogP contribution in [0.2, 0.25) is 0 Å². The zero-order valence-electron chi connectivity index (χ0n) is 18.3. The Labute approximate surface area is 184 Å². The molecule has 31 heavy (non-hydrogen) atoms. The molecule has 0 radical (unpaired) electrons. The van der Waals surface area contributed by atoms with E-state index in [1.54, 1.807) is 6.20 Å². The normalized spacial score (nSPS) is 21.8. The van der Waals surface area contributed by atoms with E-state index in [0.29, 0.717) is 19.3 Å². The first-order valence-corrected chi connectivity index (χ1v) is 11.3. The fourth-order valence-electron chi connectivity index (χ4n) is 4.69. The third-order valence-corrected chi connectivity index (χ3v) is 6.57. The molecule has 2 saturated heterocycles. The first kappa shape index (κ1) is 21.5. The van der Waals surface area contributed by atoms with E-state index in [-0.39, 0.29) is 17.4 Å². The maximum Gasteiger partial charge on any atom is 0.222 e. The summed E-state index contributed by atoms with van der Waals surface area (Å²) in [4.78, 5) is 33.5. The molecule has 2 aliphatic heterocycles. The summed E-state index contributed by atoms with van der Waals surface area (Å²) in [7, 11) is 0. The molecule has 2 amide bonds. The highest BCUT2D eigenvalue weighted by atomic mass is 16.2. The molecular weight excluding hydrogens is 388 g/mol. The van der Waals surface area contributed by atoms with Crippen LogP contribution in [0.1, 0.15) is 42.4 Å². The zero-order chi connectivity index (χ0) is 21.7. The fourth-order valence-corrected chi connectivity index (χ4v) is 4.69. The Morgan fingerprint density at radius 2 is 1.87 bits per heavy atom. The van der Waals surface area contributed by atoms with E-state index in [1.165, 1.54) is 16.7 Å². The third-order valence-electron chi connectivity index (χ3n) is 6.57. The number of piperazine rings is 1. The molecule has 6 heteroatoms. The Hall–Kier alpha value is -2.73. The van der Waals surface area contributed by atoms with Crippen LogP contribution in [0, 0.1) is 6.92 Å². The van der Waals surface area contributed by atoms with Gasteiger partial charge in [0.2, 0.25) is 11.8 Å². The molecular formula is C25H32N4O2. The van der Waals surface area contributed by atoms with E-state index < -0.39 is 0 Å². The SMILES string of the molecule is Cc1ccc(CC2(CCC(=O)N3CCN(Cc4cccnc4)CC3)CCC(=O)N2)cc1. The minimum Gasteiger partial charge on any atom is -0.350 e. The molecule has 1 aromatic carbocycles. The topological polar surface area (TPSA) is 65.5 Å². The van der Waals surface area contributed by atoms with Gasteiger partial charge in [-0.25, -0.2) is 0 Å². The number of pyridine rings is 1. The number of amides is 2. The van der Waals surface area contributed by atoms with Gasteiger partial charge < -0.3 is 10.2 Å². The van der Waals surface area contributed by atoms with Crippen molar-refractivity contribution in [3.05, 3.63) is 65.5 Å². The number of aryl methyl sites for hydroxylation is 1. The summed E-state index contributed by atoms with van der Waals surface area (Å²) in [5.74, 6) is 0.300. The number of hydrogen-bond donors (Lipinski definition) is 1.